The Morgan fingerprint density at radius 3 is 2.57 bits per heavy atom. The normalized spacial score (nSPS) is 23.9. The van der Waals surface area contributed by atoms with Crippen molar-refractivity contribution in [3.63, 3.8) is 0 Å². The number of imide groups is 2. The standard InChI is InChI=1S/C16H26N4O3/c1-19(2)10-6-9-17-11-13-14(21)18-16(23)20(15(13)22)12-7-4-3-5-8-12/h11-13H,3-10H2,1-2H3,(H,18,21,23)/p+1. The van der Waals surface area contributed by atoms with Gasteiger partial charge in [0.1, 0.15) is 0 Å². The van der Waals surface area contributed by atoms with Crippen LogP contribution in [-0.2, 0) is 9.59 Å². The summed E-state index contributed by atoms with van der Waals surface area (Å²) in [7, 11) is 4.13. The van der Waals surface area contributed by atoms with E-state index >= 15 is 0 Å². The Kier molecular flexibility index (Phi) is 6.27. The van der Waals surface area contributed by atoms with Crippen LogP contribution in [0.3, 0.4) is 0 Å². The lowest BCUT2D eigenvalue weighted by Gasteiger charge is -2.36. The molecule has 0 radical (unpaired) electrons. The van der Waals surface area contributed by atoms with Crippen LogP contribution in [0, 0.1) is 5.92 Å². The molecule has 0 spiro atoms. The molecule has 1 aliphatic carbocycles. The lowest BCUT2D eigenvalue weighted by atomic mass is 9.92. The Hall–Kier alpha value is -1.76. The highest BCUT2D eigenvalue weighted by Crippen LogP contribution is 2.25. The summed E-state index contributed by atoms with van der Waals surface area (Å²) in [5.41, 5.74) is 0. The summed E-state index contributed by atoms with van der Waals surface area (Å²) in [6.45, 7) is 1.56. The van der Waals surface area contributed by atoms with E-state index in [1.54, 1.807) is 0 Å². The molecule has 2 N–H and O–H groups in total. The van der Waals surface area contributed by atoms with E-state index in [0.717, 1.165) is 45.1 Å². The van der Waals surface area contributed by atoms with Crippen LogP contribution in [0.2, 0.25) is 0 Å². The number of amides is 4. The highest BCUT2D eigenvalue weighted by Gasteiger charge is 2.42. The van der Waals surface area contributed by atoms with Crippen LogP contribution in [-0.4, -0.2) is 62.2 Å². The SMILES string of the molecule is C[NH+](C)CCCN=CC1C(=O)NC(=O)N(C2CCCCC2)C1=O. The average molecular weight is 323 g/mol. The molecular formula is C16H27N4O3+. The van der Waals surface area contributed by atoms with Crippen molar-refractivity contribution in [1.82, 2.24) is 10.2 Å². The lowest BCUT2D eigenvalue weighted by Crippen LogP contribution is -3.05. The van der Waals surface area contributed by atoms with Crippen LogP contribution < -0.4 is 10.2 Å². The van der Waals surface area contributed by atoms with Gasteiger partial charge in [0.05, 0.1) is 20.6 Å². The van der Waals surface area contributed by atoms with E-state index < -0.39 is 23.8 Å². The van der Waals surface area contributed by atoms with Gasteiger partial charge in [0, 0.05) is 25.2 Å². The first-order valence-electron chi connectivity index (χ1n) is 8.47. The van der Waals surface area contributed by atoms with Crippen molar-refractivity contribution < 1.29 is 19.3 Å². The summed E-state index contributed by atoms with van der Waals surface area (Å²) in [5.74, 6) is -1.96. The highest BCUT2D eigenvalue weighted by atomic mass is 16.2. The van der Waals surface area contributed by atoms with Crippen molar-refractivity contribution >= 4 is 24.1 Å². The van der Waals surface area contributed by atoms with Gasteiger partial charge in [-0.15, -0.1) is 0 Å². The van der Waals surface area contributed by atoms with Crippen molar-refractivity contribution in [2.24, 2.45) is 10.9 Å². The second-order valence-electron chi connectivity index (χ2n) is 6.64. The quantitative estimate of drug-likeness (QED) is 0.397. The van der Waals surface area contributed by atoms with Crippen LogP contribution in [0.4, 0.5) is 4.79 Å². The van der Waals surface area contributed by atoms with Gasteiger partial charge < -0.3 is 4.90 Å². The van der Waals surface area contributed by atoms with Crippen molar-refractivity contribution in [3.8, 4) is 0 Å². The number of nitrogens with one attached hydrogen (secondary N) is 2. The van der Waals surface area contributed by atoms with Gasteiger partial charge in [-0.05, 0) is 12.8 Å². The van der Waals surface area contributed by atoms with Gasteiger partial charge in [-0.1, -0.05) is 19.3 Å². The van der Waals surface area contributed by atoms with E-state index in [-0.39, 0.29) is 6.04 Å². The maximum atomic E-state index is 12.6. The summed E-state index contributed by atoms with van der Waals surface area (Å²) in [5, 5.41) is 2.30. The van der Waals surface area contributed by atoms with Crippen LogP contribution in [0.5, 0.6) is 0 Å². The lowest BCUT2D eigenvalue weighted by molar-refractivity contribution is -0.858. The molecule has 0 bridgehead atoms. The molecule has 0 aromatic carbocycles. The second-order valence-corrected chi connectivity index (χ2v) is 6.64. The molecule has 4 amide bonds. The van der Waals surface area contributed by atoms with E-state index in [2.05, 4.69) is 24.4 Å². The van der Waals surface area contributed by atoms with E-state index in [4.69, 9.17) is 0 Å². The third-order valence-electron chi connectivity index (χ3n) is 4.39. The zero-order valence-electron chi connectivity index (χ0n) is 14.0. The maximum Gasteiger partial charge on any atom is 0.331 e. The summed E-state index contributed by atoms with van der Waals surface area (Å²) in [4.78, 5) is 43.3. The van der Waals surface area contributed by atoms with Gasteiger partial charge in [-0.2, -0.15) is 0 Å². The van der Waals surface area contributed by atoms with Gasteiger partial charge >= 0.3 is 6.03 Å². The Balaban J connectivity index is 1.98. The number of carbonyl (C=O) groups excluding carboxylic acids is 3. The molecule has 1 aliphatic heterocycles. The molecule has 1 saturated heterocycles. The van der Waals surface area contributed by atoms with Crippen molar-refractivity contribution in [2.75, 3.05) is 27.2 Å². The van der Waals surface area contributed by atoms with Crippen molar-refractivity contribution in [1.29, 1.82) is 0 Å². The molecule has 7 heteroatoms. The number of hydrogen-bond acceptors (Lipinski definition) is 4. The van der Waals surface area contributed by atoms with Gasteiger partial charge in [0.2, 0.25) is 11.8 Å². The largest absolute Gasteiger partial charge is 0.340 e. The Labute approximate surface area is 137 Å². The fourth-order valence-corrected chi connectivity index (χ4v) is 3.13. The van der Waals surface area contributed by atoms with Crippen LogP contribution >= 0.6 is 0 Å². The Morgan fingerprint density at radius 1 is 1.22 bits per heavy atom. The first-order valence-corrected chi connectivity index (χ1v) is 8.47. The van der Waals surface area contributed by atoms with E-state index in [0.29, 0.717) is 6.54 Å². The highest BCUT2D eigenvalue weighted by molar-refractivity contribution is 6.23. The van der Waals surface area contributed by atoms with Crippen molar-refractivity contribution in [3.05, 3.63) is 0 Å². The number of hydrogen-bond donors (Lipinski definition) is 2. The number of quaternary nitrogens is 1. The molecule has 1 heterocycles. The van der Waals surface area contributed by atoms with Gasteiger partial charge in [0.15, 0.2) is 5.92 Å². The fourth-order valence-electron chi connectivity index (χ4n) is 3.13. The molecule has 23 heavy (non-hydrogen) atoms. The van der Waals surface area contributed by atoms with Crippen LogP contribution in [0.25, 0.3) is 0 Å². The Bertz CT molecular complexity index is 484. The second kappa shape index (κ2) is 8.19. The number of aliphatic imine (C=N–C) groups is 1. The molecule has 0 aromatic rings. The molecule has 2 fully saturated rings. The number of nitrogens with zero attached hydrogens (tertiary/aromatic N) is 2. The topological polar surface area (TPSA) is 83.3 Å². The third-order valence-corrected chi connectivity index (χ3v) is 4.39. The maximum absolute atomic E-state index is 12.6. The minimum Gasteiger partial charge on any atom is -0.340 e. The van der Waals surface area contributed by atoms with E-state index in [1.807, 2.05) is 0 Å². The summed E-state index contributed by atoms with van der Waals surface area (Å²) in [6.07, 6.45) is 7.11. The predicted octanol–water partition coefficient (Wildman–Crippen LogP) is -0.381. The molecule has 1 atom stereocenters. The minimum atomic E-state index is -0.971. The zero-order chi connectivity index (χ0) is 16.8. The number of urea groups is 1. The minimum absolute atomic E-state index is 0.0856. The first kappa shape index (κ1) is 17.6. The molecule has 2 rings (SSSR count). The van der Waals surface area contributed by atoms with Crippen molar-refractivity contribution in [2.45, 2.75) is 44.6 Å². The number of carbonyl (C=O) groups is 3. The molecular weight excluding hydrogens is 296 g/mol. The zero-order valence-corrected chi connectivity index (χ0v) is 14.0. The van der Waals surface area contributed by atoms with Crippen LogP contribution in [0.1, 0.15) is 38.5 Å². The fraction of sp³-hybridized carbons (Fsp3) is 0.750. The monoisotopic (exact) mass is 323 g/mol. The molecule has 0 aromatic heterocycles. The molecule has 2 aliphatic rings. The van der Waals surface area contributed by atoms with Crippen LogP contribution in [0.15, 0.2) is 4.99 Å². The Morgan fingerprint density at radius 2 is 1.91 bits per heavy atom. The number of barbiturate groups is 1. The van der Waals surface area contributed by atoms with E-state index in [1.165, 1.54) is 16.0 Å². The van der Waals surface area contributed by atoms with Gasteiger partial charge in [-0.25, -0.2) is 4.79 Å². The van der Waals surface area contributed by atoms with E-state index in [9.17, 15) is 14.4 Å². The molecule has 7 nitrogen and oxygen atoms in total. The first-order chi connectivity index (χ1) is 11.0. The van der Waals surface area contributed by atoms with Gasteiger partial charge in [0.25, 0.3) is 0 Å². The number of rotatable bonds is 6. The summed E-state index contributed by atoms with van der Waals surface area (Å²) in [6, 6.07) is -0.662. The molecule has 128 valence electrons. The molecule has 1 unspecified atom stereocenters. The third kappa shape index (κ3) is 4.60. The molecule has 1 saturated carbocycles. The summed E-state index contributed by atoms with van der Waals surface area (Å²) < 4.78 is 0. The van der Waals surface area contributed by atoms with Gasteiger partial charge in [-0.3, -0.25) is 24.8 Å². The summed E-state index contributed by atoms with van der Waals surface area (Å²) >= 11 is 0. The smallest absolute Gasteiger partial charge is 0.331 e. The average Bonchev–Trinajstić information content (AvgIpc) is 2.50. The predicted molar refractivity (Wildman–Crippen MR) is 86.4 cm³/mol.